The Kier molecular flexibility index (Phi) is 6.91. The minimum atomic E-state index is -2.88. The minimum Gasteiger partial charge on any atom is -0.496 e. The van der Waals surface area contributed by atoms with Crippen molar-refractivity contribution in [2.45, 2.75) is 50.1 Å². The number of aromatic nitrogens is 1. The van der Waals surface area contributed by atoms with Crippen molar-refractivity contribution in [2.24, 2.45) is 11.8 Å². The van der Waals surface area contributed by atoms with E-state index in [9.17, 15) is 28.4 Å². The van der Waals surface area contributed by atoms with Crippen molar-refractivity contribution in [3.63, 3.8) is 0 Å². The third-order valence-corrected chi connectivity index (χ3v) is 6.58. The lowest BCUT2D eigenvalue weighted by Crippen LogP contribution is -2.51. The quantitative estimate of drug-likeness (QED) is 0.430. The number of nitrogens with one attached hydrogen (secondary N) is 4. The molecule has 4 rings (SSSR count). The summed E-state index contributed by atoms with van der Waals surface area (Å²) in [5.41, 5.74) is 0.778. The summed E-state index contributed by atoms with van der Waals surface area (Å²) < 4.78 is 32.5. The van der Waals surface area contributed by atoms with Gasteiger partial charge in [-0.15, -0.1) is 0 Å². The zero-order chi connectivity index (χ0) is 25.2. The molecule has 3 amide bonds. The normalized spacial score (nSPS) is 22.4. The molecule has 186 valence electrons. The number of H-pyrrole nitrogens is 1. The Morgan fingerprint density at radius 1 is 1.31 bits per heavy atom. The molecule has 2 heterocycles. The molecule has 9 nitrogen and oxygen atoms in total. The van der Waals surface area contributed by atoms with Crippen molar-refractivity contribution in [3.05, 3.63) is 30.0 Å². The predicted molar refractivity (Wildman–Crippen MR) is 122 cm³/mol. The van der Waals surface area contributed by atoms with Gasteiger partial charge in [0.1, 0.15) is 23.5 Å². The molecular formula is C24H27F2N5O4. The number of piperidine rings is 1. The Bertz CT molecular complexity index is 1170. The van der Waals surface area contributed by atoms with Gasteiger partial charge in [-0.2, -0.15) is 5.26 Å². The number of hydrogen-bond donors (Lipinski definition) is 4. The molecular weight excluding hydrogens is 460 g/mol. The van der Waals surface area contributed by atoms with Crippen LogP contribution in [0.5, 0.6) is 5.75 Å². The zero-order valence-corrected chi connectivity index (χ0v) is 19.2. The minimum absolute atomic E-state index is 0.107. The highest BCUT2D eigenvalue weighted by Crippen LogP contribution is 2.51. The van der Waals surface area contributed by atoms with E-state index in [1.807, 2.05) is 6.07 Å². The van der Waals surface area contributed by atoms with Gasteiger partial charge in [0.05, 0.1) is 13.2 Å². The topological polar surface area (TPSA) is 136 Å². The van der Waals surface area contributed by atoms with E-state index in [-0.39, 0.29) is 30.9 Å². The fourth-order valence-electron chi connectivity index (χ4n) is 4.47. The van der Waals surface area contributed by atoms with Crippen molar-refractivity contribution >= 4 is 28.6 Å². The molecule has 0 spiro atoms. The van der Waals surface area contributed by atoms with Crippen LogP contribution in [-0.4, -0.2) is 54.4 Å². The fourth-order valence-corrected chi connectivity index (χ4v) is 4.47. The van der Waals surface area contributed by atoms with Crippen LogP contribution in [-0.2, 0) is 9.59 Å². The van der Waals surface area contributed by atoms with Crippen molar-refractivity contribution in [2.75, 3.05) is 13.7 Å². The summed E-state index contributed by atoms with van der Waals surface area (Å²) in [6.45, 7) is 0.572. The Morgan fingerprint density at radius 3 is 2.74 bits per heavy atom. The third kappa shape index (κ3) is 5.53. The van der Waals surface area contributed by atoms with Gasteiger partial charge < -0.3 is 25.7 Å². The molecule has 2 aromatic rings. The average molecular weight is 488 g/mol. The number of carbonyl (C=O) groups is 3. The Hall–Kier alpha value is -3.68. The molecule has 2 fully saturated rings. The lowest BCUT2D eigenvalue weighted by atomic mass is 9.92. The number of alkyl halides is 2. The molecule has 1 aliphatic heterocycles. The summed E-state index contributed by atoms with van der Waals surface area (Å²) in [6.07, 6.45) is 0.845. The molecule has 1 aliphatic carbocycles. The van der Waals surface area contributed by atoms with E-state index in [2.05, 4.69) is 20.9 Å². The molecule has 2 aliphatic rings. The smallest absolute Gasteiger partial charge is 0.268 e. The number of fused-ring (bicyclic) bond motifs is 1. The summed E-state index contributed by atoms with van der Waals surface area (Å²) >= 11 is 0. The second-order valence-corrected chi connectivity index (χ2v) is 9.08. The SMILES string of the molecule is COc1cccc2[nH]c(C(=O)N[C@@H](C[C@H]3CC3(F)F)C(=O)N[C@H](C#N)C[C@@H]3CCCNC3=O)cc12. The van der Waals surface area contributed by atoms with E-state index in [1.54, 1.807) is 24.3 Å². The second-order valence-electron chi connectivity index (χ2n) is 9.08. The van der Waals surface area contributed by atoms with Gasteiger partial charge in [-0.05, 0) is 43.9 Å². The number of rotatable bonds is 9. The molecule has 0 radical (unpaired) electrons. The van der Waals surface area contributed by atoms with Crippen LogP contribution in [0.1, 0.15) is 42.6 Å². The number of halogens is 2. The highest BCUT2D eigenvalue weighted by Gasteiger charge is 2.57. The van der Waals surface area contributed by atoms with Crippen molar-refractivity contribution in [3.8, 4) is 11.8 Å². The highest BCUT2D eigenvalue weighted by molar-refractivity contribution is 6.01. The van der Waals surface area contributed by atoms with Crippen molar-refractivity contribution in [1.29, 1.82) is 5.26 Å². The first-order valence-corrected chi connectivity index (χ1v) is 11.5. The number of carbonyl (C=O) groups excluding carboxylic acids is 3. The van der Waals surface area contributed by atoms with Crippen LogP contribution in [0.3, 0.4) is 0 Å². The van der Waals surface area contributed by atoms with Gasteiger partial charge in [0.25, 0.3) is 11.8 Å². The second kappa shape index (κ2) is 9.90. The first-order valence-electron chi connectivity index (χ1n) is 11.5. The van der Waals surface area contributed by atoms with Crippen molar-refractivity contribution in [1.82, 2.24) is 20.9 Å². The van der Waals surface area contributed by atoms with Crippen LogP contribution in [0.2, 0.25) is 0 Å². The van der Waals surface area contributed by atoms with Gasteiger partial charge in [0, 0.05) is 35.7 Å². The molecule has 11 heteroatoms. The number of methoxy groups -OCH3 is 1. The number of aromatic amines is 1. The number of ether oxygens (including phenoxy) is 1. The van der Waals surface area contributed by atoms with Gasteiger partial charge in [-0.1, -0.05) is 6.07 Å². The number of hydrogen-bond acceptors (Lipinski definition) is 5. The zero-order valence-electron chi connectivity index (χ0n) is 19.2. The highest BCUT2D eigenvalue weighted by atomic mass is 19.3. The standard InChI is InChI=1S/C24H27F2N5O4/c1-35-20-6-2-5-17-16(20)10-19(30-17)23(34)31-18(9-14-11-24(14,25)26)22(33)29-15(12-27)8-13-4-3-7-28-21(13)32/h2,5-6,10,13-15,18,30H,3-4,7-9,11H2,1H3,(H,28,32)(H,29,33)(H,31,34)/t13-,14-,15-,18-/m0/s1. The maximum absolute atomic E-state index is 13.6. The van der Waals surface area contributed by atoms with E-state index >= 15 is 0 Å². The maximum atomic E-state index is 13.6. The number of nitrogens with zero attached hydrogens (tertiary/aromatic N) is 1. The molecule has 35 heavy (non-hydrogen) atoms. The average Bonchev–Trinajstić information content (AvgIpc) is 3.22. The molecule has 0 unspecified atom stereocenters. The maximum Gasteiger partial charge on any atom is 0.268 e. The monoisotopic (exact) mass is 487 g/mol. The van der Waals surface area contributed by atoms with E-state index in [0.29, 0.717) is 29.6 Å². The van der Waals surface area contributed by atoms with Crippen LogP contribution in [0, 0.1) is 23.2 Å². The van der Waals surface area contributed by atoms with Crippen LogP contribution < -0.4 is 20.7 Å². The summed E-state index contributed by atoms with van der Waals surface area (Å²) in [5, 5.41) is 18.0. The van der Waals surface area contributed by atoms with Crippen LogP contribution in [0.25, 0.3) is 10.9 Å². The Balaban J connectivity index is 1.47. The molecule has 4 N–H and O–H groups in total. The van der Waals surface area contributed by atoms with Gasteiger partial charge in [0.15, 0.2) is 0 Å². The third-order valence-electron chi connectivity index (χ3n) is 6.58. The van der Waals surface area contributed by atoms with Gasteiger partial charge in [-0.3, -0.25) is 14.4 Å². The Morgan fingerprint density at radius 2 is 2.09 bits per heavy atom. The van der Waals surface area contributed by atoms with E-state index < -0.39 is 41.7 Å². The number of amides is 3. The summed E-state index contributed by atoms with van der Waals surface area (Å²) in [5.74, 6) is -5.35. The predicted octanol–water partition coefficient (Wildman–Crippen LogP) is 2.24. The largest absolute Gasteiger partial charge is 0.496 e. The Labute approximate surface area is 200 Å². The molecule has 0 bridgehead atoms. The van der Waals surface area contributed by atoms with Gasteiger partial charge in [-0.25, -0.2) is 8.78 Å². The van der Waals surface area contributed by atoms with Crippen molar-refractivity contribution < 1.29 is 27.9 Å². The lowest BCUT2D eigenvalue weighted by Gasteiger charge is -2.25. The lowest BCUT2D eigenvalue weighted by molar-refractivity contribution is -0.128. The molecule has 1 aromatic carbocycles. The summed E-state index contributed by atoms with van der Waals surface area (Å²) in [6, 6.07) is 6.49. The number of benzene rings is 1. The van der Waals surface area contributed by atoms with E-state index in [0.717, 1.165) is 6.42 Å². The first-order chi connectivity index (χ1) is 16.7. The van der Waals surface area contributed by atoms with Crippen LogP contribution >= 0.6 is 0 Å². The van der Waals surface area contributed by atoms with Gasteiger partial charge in [0.2, 0.25) is 11.8 Å². The number of nitriles is 1. The summed E-state index contributed by atoms with van der Waals surface area (Å²) in [7, 11) is 1.50. The molecule has 1 saturated carbocycles. The fraction of sp³-hybridized carbons (Fsp3) is 0.500. The van der Waals surface area contributed by atoms with Crippen LogP contribution in [0.4, 0.5) is 8.78 Å². The van der Waals surface area contributed by atoms with Crippen LogP contribution in [0.15, 0.2) is 24.3 Å². The summed E-state index contributed by atoms with van der Waals surface area (Å²) in [4.78, 5) is 40.9. The molecule has 4 atom stereocenters. The van der Waals surface area contributed by atoms with Gasteiger partial charge >= 0.3 is 0 Å². The first kappa shape index (κ1) is 24.4. The van der Waals surface area contributed by atoms with E-state index in [1.165, 1.54) is 7.11 Å². The molecule has 1 saturated heterocycles. The van der Waals surface area contributed by atoms with E-state index in [4.69, 9.17) is 4.74 Å². The molecule has 1 aromatic heterocycles.